The summed E-state index contributed by atoms with van der Waals surface area (Å²) in [4.78, 5) is 2.25. The third-order valence-electron chi connectivity index (χ3n) is 3.91. The quantitative estimate of drug-likeness (QED) is 0.776. The van der Waals surface area contributed by atoms with E-state index in [2.05, 4.69) is 11.0 Å². The van der Waals surface area contributed by atoms with E-state index in [4.69, 9.17) is 5.73 Å². The number of hydrogen-bond donors (Lipinski definition) is 1. The van der Waals surface area contributed by atoms with E-state index in [-0.39, 0.29) is 6.04 Å². The smallest absolute Gasteiger partial charge is 0.152 e. The van der Waals surface area contributed by atoms with Crippen LogP contribution in [0.1, 0.15) is 18.4 Å². The fourth-order valence-corrected chi connectivity index (χ4v) is 4.75. The lowest BCUT2D eigenvalue weighted by Crippen LogP contribution is -2.39. The molecule has 1 unspecified atom stereocenters. The molecular weight excluding hydrogens is 248 g/mol. The van der Waals surface area contributed by atoms with Gasteiger partial charge < -0.3 is 10.6 Å². The largest absolute Gasteiger partial charge is 0.399 e. The predicted molar refractivity (Wildman–Crippen MR) is 73.6 cm³/mol. The normalized spacial score (nSPS) is 26.0. The Labute approximate surface area is 108 Å². The number of benzene rings is 1. The van der Waals surface area contributed by atoms with E-state index in [1.54, 1.807) is 0 Å². The predicted octanol–water partition coefficient (Wildman–Crippen LogP) is 1.21. The van der Waals surface area contributed by atoms with Gasteiger partial charge in [-0.25, -0.2) is 8.42 Å². The number of nitrogen functional groups attached to an aromatic ring is 1. The molecule has 0 amide bonds. The highest BCUT2D eigenvalue weighted by molar-refractivity contribution is 7.91. The highest BCUT2D eigenvalue weighted by atomic mass is 32.2. The number of anilines is 2. The third kappa shape index (κ3) is 2.07. The number of rotatable bonds is 1. The van der Waals surface area contributed by atoms with Crippen LogP contribution in [0.3, 0.4) is 0 Å². The monoisotopic (exact) mass is 266 g/mol. The standard InChI is InChI=1S/C13H18N2O2S/c14-11-4-3-10-2-1-6-15(13(10)8-11)12-5-7-18(16,17)9-12/h3-4,8,12H,1-2,5-7,9,14H2. The summed E-state index contributed by atoms with van der Waals surface area (Å²) >= 11 is 0. The number of nitrogens with two attached hydrogens (primary N) is 1. The van der Waals surface area contributed by atoms with E-state index in [9.17, 15) is 8.42 Å². The lowest BCUT2D eigenvalue weighted by Gasteiger charge is -2.35. The second-order valence-electron chi connectivity index (χ2n) is 5.24. The molecule has 0 radical (unpaired) electrons. The maximum atomic E-state index is 11.6. The summed E-state index contributed by atoms with van der Waals surface area (Å²) in [5.74, 6) is 0.618. The summed E-state index contributed by atoms with van der Waals surface area (Å²) in [7, 11) is -2.83. The number of hydrogen-bond acceptors (Lipinski definition) is 4. The van der Waals surface area contributed by atoms with Gasteiger partial charge in [0.2, 0.25) is 0 Å². The van der Waals surface area contributed by atoms with Crippen molar-refractivity contribution in [2.24, 2.45) is 0 Å². The number of sulfone groups is 1. The molecule has 2 aliphatic rings. The lowest BCUT2D eigenvalue weighted by atomic mass is 9.99. The molecule has 2 N–H and O–H groups in total. The first-order valence-electron chi connectivity index (χ1n) is 6.41. The minimum Gasteiger partial charge on any atom is -0.399 e. The zero-order valence-corrected chi connectivity index (χ0v) is 11.1. The van der Waals surface area contributed by atoms with Crippen LogP contribution in [-0.4, -0.2) is 32.5 Å². The Morgan fingerprint density at radius 1 is 1.33 bits per heavy atom. The number of aryl methyl sites for hydroxylation is 1. The zero-order valence-electron chi connectivity index (χ0n) is 10.3. The van der Waals surface area contributed by atoms with Gasteiger partial charge in [0.05, 0.1) is 11.5 Å². The Morgan fingerprint density at radius 2 is 2.17 bits per heavy atom. The first kappa shape index (κ1) is 11.8. The minimum atomic E-state index is -2.83. The summed E-state index contributed by atoms with van der Waals surface area (Å²) in [6, 6.07) is 6.11. The van der Waals surface area contributed by atoms with Gasteiger partial charge >= 0.3 is 0 Å². The van der Waals surface area contributed by atoms with Crippen LogP contribution >= 0.6 is 0 Å². The molecule has 0 aliphatic carbocycles. The van der Waals surface area contributed by atoms with Crippen molar-refractivity contribution in [3.63, 3.8) is 0 Å². The maximum absolute atomic E-state index is 11.6. The highest BCUT2D eigenvalue weighted by Crippen LogP contribution is 2.33. The molecule has 2 heterocycles. The van der Waals surface area contributed by atoms with Crippen LogP contribution in [0.5, 0.6) is 0 Å². The van der Waals surface area contributed by atoms with Crippen molar-refractivity contribution < 1.29 is 8.42 Å². The van der Waals surface area contributed by atoms with Crippen molar-refractivity contribution in [1.29, 1.82) is 0 Å². The SMILES string of the molecule is Nc1ccc2c(c1)N(C1CCS(=O)(=O)C1)CCC2. The molecular formula is C13H18N2O2S. The van der Waals surface area contributed by atoms with Gasteiger partial charge in [0.1, 0.15) is 0 Å². The molecule has 3 rings (SSSR count). The average Bonchev–Trinajstić information content (AvgIpc) is 2.69. The number of fused-ring (bicyclic) bond motifs is 1. The molecule has 1 aromatic carbocycles. The molecule has 0 saturated carbocycles. The Balaban J connectivity index is 1.94. The molecule has 18 heavy (non-hydrogen) atoms. The van der Waals surface area contributed by atoms with Crippen molar-refractivity contribution in [3.8, 4) is 0 Å². The molecule has 1 atom stereocenters. The average molecular weight is 266 g/mol. The van der Waals surface area contributed by atoms with E-state index >= 15 is 0 Å². The summed E-state index contributed by atoms with van der Waals surface area (Å²) in [6.45, 7) is 0.941. The van der Waals surface area contributed by atoms with E-state index in [1.165, 1.54) is 5.56 Å². The molecule has 0 bridgehead atoms. The lowest BCUT2D eigenvalue weighted by molar-refractivity contribution is 0.590. The van der Waals surface area contributed by atoms with Crippen LogP contribution in [0.2, 0.25) is 0 Å². The molecule has 0 aromatic heterocycles. The summed E-state index contributed by atoms with van der Waals surface area (Å²) < 4.78 is 23.2. The highest BCUT2D eigenvalue weighted by Gasteiger charge is 2.34. The Kier molecular flexibility index (Phi) is 2.73. The van der Waals surface area contributed by atoms with Gasteiger partial charge in [0.15, 0.2) is 9.84 Å². The van der Waals surface area contributed by atoms with Crippen LogP contribution in [0.25, 0.3) is 0 Å². The Morgan fingerprint density at radius 3 is 2.89 bits per heavy atom. The Bertz CT molecular complexity index is 568. The summed E-state index contributed by atoms with van der Waals surface area (Å²) in [6.07, 6.45) is 2.90. The van der Waals surface area contributed by atoms with E-state index in [1.807, 2.05) is 12.1 Å². The van der Waals surface area contributed by atoms with Crippen LogP contribution in [0, 0.1) is 0 Å². The van der Waals surface area contributed by atoms with Gasteiger partial charge in [-0.3, -0.25) is 0 Å². The van der Waals surface area contributed by atoms with Gasteiger partial charge in [0.25, 0.3) is 0 Å². The maximum Gasteiger partial charge on any atom is 0.152 e. The second-order valence-corrected chi connectivity index (χ2v) is 7.47. The van der Waals surface area contributed by atoms with E-state index in [0.717, 1.165) is 37.2 Å². The molecule has 98 valence electrons. The zero-order chi connectivity index (χ0) is 12.8. The van der Waals surface area contributed by atoms with Gasteiger partial charge in [-0.2, -0.15) is 0 Å². The summed E-state index contributed by atoms with van der Waals surface area (Å²) in [5, 5.41) is 0. The van der Waals surface area contributed by atoms with Crippen molar-refractivity contribution in [1.82, 2.24) is 0 Å². The van der Waals surface area contributed by atoms with Crippen LogP contribution in [-0.2, 0) is 16.3 Å². The molecule has 2 aliphatic heterocycles. The topological polar surface area (TPSA) is 63.4 Å². The first-order chi connectivity index (χ1) is 8.55. The van der Waals surface area contributed by atoms with Crippen LogP contribution in [0.15, 0.2) is 18.2 Å². The molecule has 4 nitrogen and oxygen atoms in total. The first-order valence-corrected chi connectivity index (χ1v) is 8.23. The second kappa shape index (κ2) is 4.16. The van der Waals surface area contributed by atoms with Gasteiger partial charge in [-0.1, -0.05) is 6.07 Å². The number of nitrogens with zero attached hydrogens (tertiary/aromatic N) is 1. The fourth-order valence-electron chi connectivity index (χ4n) is 3.02. The van der Waals surface area contributed by atoms with Crippen molar-refractivity contribution in [3.05, 3.63) is 23.8 Å². The Hall–Kier alpha value is -1.23. The minimum absolute atomic E-state index is 0.135. The molecule has 1 saturated heterocycles. The van der Waals surface area contributed by atoms with Gasteiger partial charge in [-0.05, 0) is 37.0 Å². The summed E-state index contributed by atoms with van der Waals surface area (Å²) in [5.41, 5.74) is 9.04. The fraction of sp³-hybridized carbons (Fsp3) is 0.538. The van der Waals surface area contributed by atoms with Crippen molar-refractivity contribution in [2.75, 3.05) is 28.7 Å². The van der Waals surface area contributed by atoms with Crippen molar-refractivity contribution >= 4 is 21.2 Å². The van der Waals surface area contributed by atoms with E-state index in [0.29, 0.717) is 11.5 Å². The molecule has 1 fully saturated rings. The van der Waals surface area contributed by atoms with Crippen LogP contribution < -0.4 is 10.6 Å². The molecule has 1 aromatic rings. The van der Waals surface area contributed by atoms with E-state index < -0.39 is 9.84 Å². The molecule has 0 spiro atoms. The third-order valence-corrected chi connectivity index (χ3v) is 5.66. The van der Waals surface area contributed by atoms with Gasteiger partial charge in [-0.15, -0.1) is 0 Å². The van der Waals surface area contributed by atoms with Crippen LogP contribution in [0.4, 0.5) is 11.4 Å². The van der Waals surface area contributed by atoms with Gasteiger partial charge in [0, 0.05) is 24.0 Å². The molecule has 5 heteroatoms. The van der Waals surface area contributed by atoms with Crippen molar-refractivity contribution in [2.45, 2.75) is 25.3 Å².